The van der Waals surface area contributed by atoms with Crippen LogP contribution in [0.25, 0.3) is 0 Å². The SMILES string of the molecule is Cc1cccc(C=NNc2cc(N3CCOCC3)nc(CCNCc3ccccn3)n2)c1. The van der Waals surface area contributed by atoms with Crippen molar-refractivity contribution >= 4 is 17.9 Å². The molecule has 166 valence electrons. The molecule has 0 aliphatic carbocycles. The standard InChI is InChI=1S/C24H29N7O/c1-19-5-4-6-20(15-19)17-27-30-23-16-24(31-11-13-32-14-12-31)29-22(28-23)8-10-25-18-21-7-2-3-9-26-21/h2-7,9,15-17,25H,8,10-14,18H2,1H3,(H,28,29,30). The molecule has 2 N–H and O–H groups in total. The van der Waals surface area contributed by atoms with Crippen LogP contribution >= 0.6 is 0 Å². The van der Waals surface area contributed by atoms with Gasteiger partial charge in [0.05, 0.1) is 25.1 Å². The molecule has 8 nitrogen and oxygen atoms in total. The molecule has 0 amide bonds. The lowest BCUT2D eigenvalue weighted by atomic mass is 10.2. The molecule has 2 aromatic heterocycles. The Morgan fingerprint density at radius 3 is 2.81 bits per heavy atom. The number of aryl methyl sites for hydroxylation is 1. The topological polar surface area (TPSA) is 87.6 Å². The molecular formula is C24H29N7O. The van der Waals surface area contributed by atoms with Gasteiger partial charge in [-0.05, 0) is 24.6 Å². The zero-order valence-corrected chi connectivity index (χ0v) is 18.4. The summed E-state index contributed by atoms with van der Waals surface area (Å²) < 4.78 is 5.49. The molecule has 1 aromatic carbocycles. The van der Waals surface area contributed by atoms with Crippen molar-refractivity contribution in [1.82, 2.24) is 20.3 Å². The maximum Gasteiger partial charge on any atom is 0.152 e. The fourth-order valence-corrected chi connectivity index (χ4v) is 3.45. The van der Waals surface area contributed by atoms with Crippen molar-refractivity contribution in [3.63, 3.8) is 0 Å². The number of hydrogen-bond donors (Lipinski definition) is 2. The second kappa shape index (κ2) is 11.3. The predicted octanol–water partition coefficient (Wildman–Crippen LogP) is 2.79. The van der Waals surface area contributed by atoms with E-state index >= 15 is 0 Å². The average Bonchev–Trinajstić information content (AvgIpc) is 2.83. The molecule has 1 aliphatic heterocycles. The van der Waals surface area contributed by atoms with Gasteiger partial charge in [-0.1, -0.05) is 35.9 Å². The second-order valence-electron chi connectivity index (χ2n) is 7.66. The number of benzene rings is 1. The van der Waals surface area contributed by atoms with Gasteiger partial charge in [0.15, 0.2) is 5.82 Å². The van der Waals surface area contributed by atoms with Gasteiger partial charge < -0.3 is 15.0 Å². The molecule has 0 atom stereocenters. The summed E-state index contributed by atoms with van der Waals surface area (Å²) >= 11 is 0. The molecule has 3 heterocycles. The summed E-state index contributed by atoms with van der Waals surface area (Å²) in [7, 11) is 0. The van der Waals surface area contributed by atoms with E-state index in [9.17, 15) is 0 Å². The molecule has 8 heteroatoms. The predicted molar refractivity (Wildman–Crippen MR) is 127 cm³/mol. The third-order valence-corrected chi connectivity index (χ3v) is 5.09. The van der Waals surface area contributed by atoms with Crippen LogP contribution in [0.15, 0.2) is 59.8 Å². The van der Waals surface area contributed by atoms with Crippen molar-refractivity contribution < 1.29 is 4.74 Å². The van der Waals surface area contributed by atoms with Crippen LogP contribution in [0.4, 0.5) is 11.6 Å². The van der Waals surface area contributed by atoms with Crippen LogP contribution in [0.2, 0.25) is 0 Å². The lowest BCUT2D eigenvalue weighted by molar-refractivity contribution is 0.122. The summed E-state index contributed by atoms with van der Waals surface area (Å²) in [6.07, 6.45) is 4.32. The average molecular weight is 432 g/mol. The van der Waals surface area contributed by atoms with Gasteiger partial charge in [0.2, 0.25) is 0 Å². The van der Waals surface area contributed by atoms with Crippen LogP contribution in [0, 0.1) is 6.92 Å². The van der Waals surface area contributed by atoms with Gasteiger partial charge in [0.1, 0.15) is 11.6 Å². The number of anilines is 2. The first-order valence-electron chi connectivity index (χ1n) is 10.9. The zero-order chi connectivity index (χ0) is 22.0. The van der Waals surface area contributed by atoms with E-state index in [0.717, 1.165) is 49.1 Å². The number of rotatable bonds is 9. The molecule has 0 unspecified atom stereocenters. The number of pyridine rings is 1. The smallest absolute Gasteiger partial charge is 0.152 e. The zero-order valence-electron chi connectivity index (χ0n) is 18.4. The summed E-state index contributed by atoms with van der Waals surface area (Å²) in [6, 6.07) is 16.1. The van der Waals surface area contributed by atoms with E-state index in [1.807, 2.05) is 36.4 Å². The Balaban J connectivity index is 1.42. The molecule has 0 saturated carbocycles. The Hall–Kier alpha value is -3.36. The van der Waals surface area contributed by atoms with Crippen molar-refractivity contribution in [2.75, 3.05) is 43.2 Å². The first kappa shape index (κ1) is 21.9. The van der Waals surface area contributed by atoms with Crippen LogP contribution in [-0.4, -0.2) is 54.0 Å². The third kappa shape index (κ3) is 6.57. The highest BCUT2D eigenvalue weighted by Gasteiger charge is 2.15. The summed E-state index contributed by atoms with van der Waals surface area (Å²) in [6.45, 7) is 6.60. The highest BCUT2D eigenvalue weighted by atomic mass is 16.5. The van der Waals surface area contributed by atoms with Crippen LogP contribution < -0.4 is 15.6 Å². The molecular weight excluding hydrogens is 402 g/mol. The summed E-state index contributed by atoms with van der Waals surface area (Å²) in [4.78, 5) is 16.0. The highest BCUT2D eigenvalue weighted by Crippen LogP contribution is 2.18. The van der Waals surface area contributed by atoms with Gasteiger partial charge in [-0.15, -0.1) is 0 Å². The van der Waals surface area contributed by atoms with Gasteiger partial charge in [0.25, 0.3) is 0 Å². The Morgan fingerprint density at radius 2 is 2.00 bits per heavy atom. The first-order valence-corrected chi connectivity index (χ1v) is 10.9. The number of hydrazone groups is 1. The maximum absolute atomic E-state index is 5.49. The highest BCUT2D eigenvalue weighted by molar-refractivity contribution is 5.80. The van der Waals surface area contributed by atoms with Gasteiger partial charge in [0, 0.05) is 44.9 Å². The molecule has 1 fully saturated rings. The van der Waals surface area contributed by atoms with Crippen molar-refractivity contribution in [1.29, 1.82) is 0 Å². The van der Waals surface area contributed by atoms with E-state index in [0.29, 0.717) is 25.5 Å². The summed E-state index contributed by atoms with van der Waals surface area (Å²) in [5.41, 5.74) is 6.34. The monoisotopic (exact) mass is 431 g/mol. The molecule has 1 saturated heterocycles. The molecule has 32 heavy (non-hydrogen) atoms. The normalized spacial score (nSPS) is 14.1. The largest absolute Gasteiger partial charge is 0.378 e. The lowest BCUT2D eigenvalue weighted by Gasteiger charge is -2.28. The van der Waals surface area contributed by atoms with E-state index in [4.69, 9.17) is 9.72 Å². The first-order chi connectivity index (χ1) is 15.8. The minimum Gasteiger partial charge on any atom is -0.378 e. The van der Waals surface area contributed by atoms with Crippen molar-refractivity contribution in [3.05, 3.63) is 77.4 Å². The number of nitrogens with zero attached hydrogens (tertiary/aromatic N) is 5. The van der Waals surface area contributed by atoms with Crippen molar-refractivity contribution in [3.8, 4) is 0 Å². The van der Waals surface area contributed by atoms with E-state index in [2.05, 4.69) is 49.8 Å². The van der Waals surface area contributed by atoms with Crippen LogP contribution in [0.3, 0.4) is 0 Å². The van der Waals surface area contributed by atoms with Gasteiger partial charge in [-0.3, -0.25) is 10.4 Å². The molecule has 4 rings (SSSR count). The molecule has 0 bridgehead atoms. The Bertz CT molecular complexity index is 1020. The summed E-state index contributed by atoms with van der Waals surface area (Å²) in [5.74, 6) is 2.36. The summed E-state index contributed by atoms with van der Waals surface area (Å²) in [5, 5.41) is 7.80. The lowest BCUT2D eigenvalue weighted by Crippen LogP contribution is -2.37. The Kier molecular flexibility index (Phi) is 7.73. The van der Waals surface area contributed by atoms with Gasteiger partial charge in [-0.25, -0.2) is 9.97 Å². The fourth-order valence-electron chi connectivity index (χ4n) is 3.45. The van der Waals surface area contributed by atoms with Crippen LogP contribution in [0.5, 0.6) is 0 Å². The van der Waals surface area contributed by atoms with Crippen molar-refractivity contribution in [2.24, 2.45) is 5.10 Å². The van der Waals surface area contributed by atoms with Crippen LogP contribution in [0.1, 0.15) is 22.6 Å². The number of aromatic nitrogens is 3. The van der Waals surface area contributed by atoms with E-state index in [-0.39, 0.29) is 0 Å². The number of ether oxygens (including phenoxy) is 1. The Labute approximate surface area is 188 Å². The number of morpholine rings is 1. The molecule has 1 aliphatic rings. The molecule has 0 radical (unpaired) electrons. The maximum atomic E-state index is 5.49. The fraction of sp³-hybridized carbons (Fsp3) is 0.333. The minimum atomic E-state index is 0.685. The quantitative estimate of drug-likeness (QED) is 0.306. The second-order valence-corrected chi connectivity index (χ2v) is 7.66. The van der Waals surface area contributed by atoms with E-state index < -0.39 is 0 Å². The number of nitrogens with one attached hydrogen (secondary N) is 2. The van der Waals surface area contributed by atoms with Crippen molar-refractivity contribution in [2.45, 2.75) is 19.9 Å². The van der Waals surface area contributed by atoms with E-state index in [1.54, 1.807) is 12.4 Å². The Morgan fingerprint density at radius 1 is 1.09 bits per heavy atom. The van der Waals surface area contributed by atoms with Gasteiger partial charge >= 0.3 is 0 Å². The van der Waals surface area contributed by atoms with E-state index in [1.165, 1.54) is 5.56 Å². The molecule has 0 spiro atoms. The minimum absolute atomic E-state index is 0.685. The van der Waals surface area contributed by atoms with Gasteiger partial charge in [-0.2, -0.15) is 5.10 Å². The molecule has 3 aromatic rings. The van der Waals surface area contributed by atoms with Crippen LogP contribution in [-0.2, 0) is 17.7 Å². The third-order valence-electron chi connectivity index (χ3n) is 5.09. The number of hydrogen-bond acceptors (Lipinski definition) is 8.